The number of nitrogens with one attached hydrogen (secondary N) is 1. The highest BCUT2D eigenvalue weighted by Crippen LogP contribution is 2.27. The first-order valence-electron chi connectivity index (χ1n) is 9.57. The molecule has 0 aliphatic carbocycles. The molecule has 0 fully saturated rings. The van der Waals surface area contributed by atoms with Gasteiger partial charge in [0.05, 0.1) is 5.75 Å². The lowest BCUT2D eigenvalue weighted by atomic mass is 10.1. The molecule has 0 aliphatic rings. The van der Waals surface area contributed by atoms with Gasteiger partial charge in [-0.25, -0.2) is 0 Å². The number of carbonyl (C=O) groups is 2. The summed E-state index contributed by atoms with van der Waals surface area (Å²) in [5, 5.41) is 12.1. The molecule has 0 spiro atoms. The molecular formula is C23H19N5O2S. The van der Waals surface area contributed by atoms with Gasteiger partial charge in [-0.3, -0.25) is 19.1 Å². The molecule has 0 bridgehead atoms. The zero-order valence-electron chi connectivity index (χ0n) is 16.7. The zero-order chi connectivity index (χ0) is 21.6. The van der Waals surface area contributed by atoms with E-state index in [4.69, 9.17) is 0 Å². The van der Waals surface area contributed by atoms with Crippen LogP contribution in [0.2, 0.25) is 0 Å². The van der Waals surface area contributed by atoms with Crippen LogP contribution in [0.3, 0.4) is 0 Å². The second kappa shape index (κ2) is 9.36. The number of pyridine rings is 1. The minimum Gasteiger partial charge on any atom is -0.325 e. The number of hydrogen-bond acceptors (Lipinski definition) is 6. The van der Waals surface area contributed by atoms with E-state index in [0.29, 0.717) is 22.2 Å². The summed E-state index contributed by atoms with van der Waals surface area (Å²) >= 11 is 1.29. The van der Waals surface area contributed by atoms with Gasteiger partial charge in [0.2, 0.25) is 5.91 Å². The second-order valence-corrected chi connectivity index (χ2v) is 7.63. The molecule has 0 saturated carbocycles. The van der Waals surface area contributed by atoms with Crippen molar-refractivity contribution in [2.45, 2.75) is 12.1 Å². The average molecular weight is 430 g/mol. The fraction of sp³-hybridized carbons (Fsp3) is 0.0870. The summed E-state index contributed by atoms with van der Waals surface area (Å²) in [7, 11) is 0. The van der Waals surface area contributed by atoms with E-state index in [-0.39, 0.29) is 17.4 Å². The Morgan fingerprint density at radius 1 is 0.968 bits per heavy atom. The Labute approximate surface area is 183 Å². The summed E-state index contributed by atoms with van der Waals surface area (Å²) in [6.45, 7) is 1.49. The molecule has 7 nitrogen and oxygen atoms in total. The smallest absolute Gasteiger partial charge is 0.234 e. The van der Waals surface area contributed by atoms with Gasteiger partial charge >= 0.3 is 0 Å². The maximum absolute atomic E-state index is 12.5. The summed E-state index contributed by atoms with van der Waals surface area (Å²) < 4.78 is 1.92. The number of para-hydroxylation sites is 1. The minimum atomic E-state index is -0.196. The van der Waals surface area contributed by atoms with E-state index in [0.717, 1.165) is 11.3 Å². The first kappa shape index (κ1) is 20.5. The van der Waals surface area contributed by atoms with Crippen molar-refractivity contribution in [3.63, 3.8) is 0 Å². The Bertz CT molecular complexity index is 1210. The van der Waals surface area contributed by atoms with Crippen molar-refractivity contribution < 1.29 is 9.59 Å². The van der Waals surface area contributed by atoms with Crippen LogP contribution in [-0.2, 0) is 4.79 Å². The lowest BCUT2D eigenvalue weighted by Crippen LogP contribution is -2.15. The van der Waals surface area contributed by atoms with Gasteiger partial charge in [-0.1, -0.05) is 42.1 Å². The predicted octanol–water partition coefficient (Wildman–Crippen LogP) is 4.26. The molecule has 4 aromatic rings. The van der Waals surface area contributed by atoms with Gasteiger partial charge in [-0.05, 0) is 43.3 Å². The van der Waals surface area contributed by atoms with Crippen molar-refractivity contribution in [2.24, 2.45) is 0 Å². The third kappa shape index (κ3) is 4.87. The van der Waals surface area contributed by atoms with E-state index in [1.54, 1.807) is 36.7 Å². The lowest BCUT2D eigenvalue weighted by Gasteiger charge is -2.10. The molecule has 4 rings (SSSR count). The standard InChI is InChI=1S/C23H19N5O2S/c1-16(29)18-6-5-7-19(14-18)25-21(30)15-31-23-27-26-22(17-10-12-24-13-11-17)28(23)20-8-3-2-4-9-20/h2-14H,15H2,1H3,(H,25,30). The predicted molar refractivity (Wildman–Crippen MR) is 120 cm³/mol. The number of ketones is 1. The van der Waals surface area contributed by atoms with E-state index in [1.807, 2.05) is 47.0 Å². The normalized spacial score (nSPS) is 10.6. The van der Waals surface area contributed by atoms with Crippen LogP contribution < -0.4 is 5.32 Å². The number of Topliss-reactive ketones (excluding diaryl/α,β-unsaturated/α-hetero) is 1. The number of anilines is 1. The van der Waals surface area contributed by atoms with Crippen molar-refractivity contribution in [1.29, 1.82) is 0 Å². The van der Waals surface area contributed by atoms with Gasteiger partial charge < -0.3 is 5.32 Å². The van der Waals surface area contributed by atoms with Gasteiger partial charge in [0.25, 0.3) is 0 Å². The molecule has 0 radical (unpaired) electrons. The molecule has 1 N–H and O–H groups in total. The van der Waals surface area contributed by atoms with E-state index < -0.39 is 0 Å². The Morgan fingerprint density at radius 3 is 2.48 bits per heavy atom. The molecule has 31 heavy (non-hydrogen) atoms. The van der Waals surface area contributed by atoms with Gasteiger partial charge in [-0.2, -0.15) is 0 Å². The number of aromatic nitrogens is 4. The zero-order valence-corrected chi connectivity index (χ0v) is 17.5. The van der Waals surface area contributed by atoms with E-state index in [9.17, 15) is 9.59 Å². The van der Waals surface area contributed by atoms with E-state index in [2.05, 4.69) is 20.5 Å². The number of amides is 1. The van der Waals surface area contributed by atoms with Gasteiger partial charge in [-0.15, -0.1) is 10.2 Å². The van der Waals surface area contributed by atoms with E-state index in [1.165, 1.54) is 18.7 Å². The second-order valence-electron chi connectivity index (χ2n) is 6.69. The highest BCUT2D eigenvalue weighted by Gasteiger charge is 2.17. The Hall–Kier alpha value is -3.78. The number of benzene rings is 2. The van der Waals surface area contributed by atoms with E-state index >= 15 is 0 Å². The Morgan fingerprint density at radius 2 is 1.74 bits per heavy atom. The molecule has 1 amide bonds. The topological polar surface area (TPSA) is 89.8 Å². The van der Waals surface area contributed by atoms with Crippen LogP contribution in [-0.4, -0.2) is 37.2 Å². The molecule has 8 heteroatoms. The Kier molecular flexibility index (Phi) is 6.18. The third-order valence-corrected chi connectivity index (χ3v) is 5.40. The first-order chi connectivity index (χ1) is 15.1. The summed E-state index contributed by atoms with van der Waals surface area (Å²) in [6, 6.07) is 20.4. The fourth-order valence-electron chi connectivity index (χ4n) is 3.00. The van der Waals surface area contributed by atoms with Crippen LogP contribution in [0.15, 0.2) is 84.3 Å². The van der Waals surface area contributed by atoms with Crippen LogP contribution in [0, 0.1) is 0 Å². The highest BCUT2D eigenvalue weighted by molar-refractivity contribution is 7.99. The molecule has 0 aliphatic heterocycles. The molecule has 2 aromatic carbocycles. The molecular weight excluding hydrogens is 410 g/mol. The molecule has 154 valence electrons. The Balaban J connectivity index is 1.55. The van der Waals surface area contributed by atoms with Crippen LogP contribution in [0.1, 0.15) is 17.3 Å². The summed E-state index contributed by atoms with van der Waals surface area (Å²) in [4.78, 5) is 28.1. The minimum absolute atomic E-state index is 0.0509. The number of thioether (sulfide) groups is 1. The molecule has 0 atom stereocenters. The number of hydrogen-bond donors (Lipinski definition) is 1. The van der Waals surface area contributed by atoms with Crippen molar-refractivity contribution in [1.82, 2.24) is 19.7 Å². The number of carbonyl (C=O) groups excluding carboxylic acids is 2. The molecule has 0 saturated heterocycles. The summed E-state index contributed by atoms with van der Waals surface area (Å²) in [5.74, 6) is 0.570. The van der Waals surface area contributed by atoms with Crippen LogP contribution in [0.25, 0.3) is 17.1 Å². The van der Waals surface area contributed by atoms with Crippen molar-refractivity contribution in [3.05, 3.63) is 84.7 Å². The molecule has 0 unspecified atom stereocenters. The first-order valence-corrected chi connectivity index (χ1v) is 10.6. The number of nitrogens with zero attached hydrogens (tertiary/aromatic N) is 4. The quantitative estimate of drug-likeness (QED) is 0.349. The number of rotatable bonds is 7. The summed E-state index contributed by atoms with van der Waals surface area (Å²) in [5.41, 5.74) is 2.91. The van der Waals surface area contributed by atoms with Gasteiger partial charge in [0.15, 0.2) is 16.8 Å². The van der Waals surface area contributed by atoms with Crippen molar-refractivity contribution in [3.8, 4) is 17.1 Å². The maximum Gasteiger partial charge on any atom is 0.234 e. The SMILES string of the molecule is CC(=O)c1cccc(NC(=O)CSc2nnc(-c3ccncc3)n2-c2ccccc2)c1. The van der Waals surface area contributed by atoms with Crippen LogP contribution in [0.5, 0.6) is 0 Å². The maximum atomic E-state index is 12.5. The van der Waals surface area contributed by atoms with Crippen LogP contribution in [0.4, 0.5) is 5.69 Å². The fourth-order valence-corrected chi connectivity index (χ4v) is 3.76. The molecule has 2 aromatic heterocycles. The van der Waals surface area contributed by atoms with Gasteiger partial charge in [0, 0.05) is 34.9 Å². The lowest BCUT2D eigenvalue weighted by molar-refractivity contribution is -0.113. The van der Waals surface area contributed by atoms with Crippen LogP contribution >= 0.6 is 11.8 Å². The monoisotopic (exact) mass is 429 g/mol. The molecule has 2 heterocycles. The highest BCUT2D eigenvalue weighted by atomic mass is 32.2. The largest absolute Gasteiger partial charge is 0.325 e. The average Bonchev–Trinajstić information content (AvgIpc) is 3.23. The van der Waals surface area contributed by atoms with Crippen molar-refractivity contribution >= 4 is 29.1 Å². The van der Waals surface area contributed by atoms with Gasteiger partial charge in [0.1, 0.15) is 0 Å². The summed E-state index contributed by atoms with van der Waals surface area (Å²) in [6.07, 6.45) is 3.41. The third-order valence-electron chi connectivity index (χ3n) is 4.47. The van der Waals surface area contributed by atoms with Crippen molar-refractivity contribution in [2.75, 3.05) is 11.1 Å².